The van der Waals surface area contributed by atoms with Crippen molar-refractivity contribution < 1.29 is 9.90 Å². The summed E-state index contributed by atoms with van der Waals surface area (Å²) in [6, 6.07) is 9.48. The molecule has 1 N–H and O–H groups in total. The Bertz CT molecular complexity index is 363. The standard InChI is InChI=1S/C12H15NO2/c1-2-12(15)8-9-13(11(12)14)10-6-4-3-5-7-10/h3-7,15H,2,8-9H2,1H3/t12-/m0/s1. The summed E-state index contributed by atoms with van der Waals surface area (Å²) in [6.45, 7) is 2.44. The van der Waals surface area contributed by atoms with Gasteiger partial charge >= 0.3 is 0 Å². The zero-order valence-corrected chi connectivity index (χ0v) is 8.81. The lowest BCUT2D eigenvalue weighted by molar-refractivity contribution is -0.133. The first-order valence-electron chi connectivity index (χ1n) is 5.27. The van der Waals surface area contributed by atoms with E-state index in [1.165, 1.54) is 0 Å². The molecule has 3 heteroatoms. The van der Waals surface area contributed by atoms with E-state index in [1.807, 2.05) is 37.3 Å². The van der Waals surface area contributed by atoms with Crippen LogP contribution in [0.2, 0.25) is 0 Å². The first kappa shape index (κ1) is 10.2. The third-order valence-electron chi connectivity index (χ3n) is 3.04. The van der Waals surface area contributed by atoms with Gasteiger partial charge in [-0.15, -0.1) is 0 Å². The van der Waals surface area contributed by atoms with Crippen molar-refractivity contribution >= 4 is 11.6 Å². The number of carbonyl (C=O) groups excluding carboxylic acids is 1. The zero-order valence-electron chi connectivity index (χ0n) is 8.81. The molecule has 1 amide bonds. The zero-order chi connectivity index (χ0) is 10.9. The monoisotopic (exact) mass is 205 g/mol. The van der Waals surface area contributed by atoms with E-state index in [1.54, 1.807) is 4.90 Å². The Hall–Kier alpha value is -1.35. The molecule has 1 atom stereocenters. The van der Waals surface area contributed by atoms with Crippen molar-refractivity contribution in [2.45, 2.75) is 25.4 Å². The Morgan fingerprint density at radius 2 is 2.07 bits per heavy atom. The van der Waals surface area contributed by atoms with E-state index in [9.17, 15) is 9.90 Å². The first-order chi connectivity index (χ1) is 7.17. The number of anilines is 1. The van der Waals surface area contributed by atoms with E-state index in [-0.39, 0.29) is 5.91 Å². The molecule has 0 spiro atoms. The molecule has 0 unspecified atom stereocenters. The molecule has 0 bridgehead atoms. The van der Waals surface area contributed by atoms with Crippen LogP contribution in [-0.2, 0) is 4.79 Å². The van der Waals surface area contributed by atoms with Crippen LogP contribution < -0.4 is 4.90 Å². The topological polar surface area (TPSA) is 40.5 Å². The summed E-state index contributed by atoms with van der Waals surface area (Å²) in [5, 5.41) is 10.0. The van der Waals surface area contributed by atoms with Gasteiger partial charge in [-0.1, -0.05) is 25.1 Å². The van der Waals surface area contributed by atoms with Crippen LogP contribution in [0.15, 0.2) is 30.3 Å². The summed E-state index contributed by atoms with van der Waals surface area (Å²) < 4.78 is 0. The number of hydrogen-bond donors (Lipinski definition) is 1. The number of benzene rings is 1. The quantitative estimate of drug-likeness (QED) is 0.796. The molecule has 3 nitrogen and oxygen atoms in total. The molecule has 1 aliphatic rings. The van der Waals surface area contributed by atoms with Crippen LogP contribution in [0.5, 0.6) is 0 Å². The second-order valence-corrected chi connectivity index (χ2v) is 3.93. The Labute approximate surface area is 89.3 Å². The maximum Gasteiger partial charge on any atom is 0.258 e. The Morgan fingerprint density at radius 1 is 1.40 bits per heavy atom. The molecule has 1 aromatic rings. The molecular weight excluding hydrogens is 190 g/mol. The van der Waals surface area contributed by atoms with E-state index in [0.717, 1.165) is 5.69 Å². The van der Waals surface area contributed by atoms with Gasteiger partial charge in [0.1, 0.15) is 5.60 Å². The molecule has 1 aliphatic heterocycles. The first-order valence-corrected chi connectivity index (χ1v) is 5.27. The van der Waals surface area contributed by atoms with Crippen molar-refractivity contribution in [1.82, 2.24) is 0 Å². The molecule has 15 heavy (non-hydrogen) atoms. The van der Waals surface area contributed by atoms with Crippen molar-refractivity contribution in [1.29, 1.82) is 0 Å². The number of carbonyl (C=O) groups is 1. The number of hydrogen-bond acceptors (Lipinski definition) is 2. The summed E-state index contributed by atoms with van der Waals surface area (Å²) in [5.41, 5.74) is -0.276. The lowest BCUT2D eigenvalue weighted by Crippen LogP contribution is -2.39. The normalized spacial score (nSPS) is 26.0. The smallest absolute Gasteiger partial charge is 0.258 e. The van der Waals surface area contributed by atoms with Gasteiger partial charge in [-0.25, -0.2) is 0 Å². The summed E-state index contributed by atoms with van der Waals surface area (Å²) >= 11 is 0. The van der Waals surface area contributed by atoms with E-state index < -0.39 is 5.60 Å². The van der Waals surface area contributed by atoms with Crippen molar-refractivity contribution in [2.24, 2.45) is 0 Å². The van der Waals surface area contributed by atoms with E-state index in [2.05, 4.69) is 0 Å². The highest BCUT2D eigenvalue weighted by Gasteiger charge is 2.43. The van der Waals surface area contributed by atoms with E-state index in [4.69, 9.17) is 0 Å². The largest absolute Gasteiger partial charge is 0.380 e. The average molecular weight is 205 g/mol. The molecule has 0 radical (unpaired) electrons. The average Bonchev–Trinajstić information content (AvgIpc) is 2.58. The molecule has 0 aliphatic carbocycles. The minimum Gasteiger partial charge on any atom is -0.380 e. The fraction of sp³-hybridized carbons (Fsp3) is 0.417. The van der Waals surface area contributed by atoms with Gasteiger partial charge in [-0.05, 0) is 18.6 Å². The predicted molar refractivity (Wildman–Crippen MR) is 58.7 cm³/mol. The van der Waals surface area contributed by atoms with Crippen molar-refractivity contribution in [2.75, 3.05) is 11.4 Å². The lowest BCUT2D eigenvalue weighted by Gasteiger charge is -2.20. The third-order valence-corrected chi connectivity index (χ3v) is 3.04. The SMILES string of the molecule is CC[C@]1(O)CCN(c2ccccc2)C1=O. The molecule has 1 aromatic carbocycles. The summed E-state index contributed by atoms with van der Waals surface area (Å²) in [7, 11) is 0. The molecule has 80 valence electrons. The van der Waals surface area contributed by atoms with E-state index >= 15 is 0 Å². The van der Waals surface area contributed by atoms with Crippen LogP contribution in [0.1, 0.15) is 19.8 Å². The highest BCUT2D eigenvalue weighted by molar-refractivity contribution is 6.01. The van der Waals surface area contributed by atoms with Gasteiger partial charge in [0.25, 0.3) is 5.91 Å². The Kier molecular flexibility index (Phi) is 2.49. The van der Waals surface area contributed by atoms with Gasteiger partial charge < -0.3 is 10.0 Å². The van der Waals surface area contributed by atoms with Crippen molar-refractivity contribution in [3.05, 3.63) is 30.3 Å². The summed E-state index contributed by atoms with van der Waals surface area (Å²) in [6.07, 6.45) is 1.01. The number of nitrogens with zero attached hydrogens (tertiary/aromatic N) is 1. The van der Waals surface area contributed by atoms with Crippen LogP contribution in [0.25, 0.3) is 0 Å². The van der Waals surface area contributed by atoms with Crippen LogP contribution in [0.4, 0.5) is 5.69 Å². The third kappa shape index (κ3) is 1.63. The Morgan fingerprint density at radius 3 is 2.60 bits per heavy atom. The maximum atomic E-state index is 11.9. The van der Waals surface area contributed by atoms with Gasteiger partial charge in [0.2, 0.25) is 0 Å². The minimum absolute atomic E-state index is 0.170. The molecule has 0 saturated carbocycles. The maximum absolute atomic E-state index is 11.9. The highest BCUT2D eigenvalue weighted by Crippen LogP contribution is 2.29. The molecule has 1 fully saturated rings. The predicted octanol–water partition coefficient (Wildman–Crippen LogP) is 1.56. The minimum atomic E-state index is -1.14. The Balaban J connectivity index is 2.25. The molecule has 2 rings (SSSR count). The molecular formula is C12H15NO2. The van der Waals surface area contributed by atoms with Crippen LogP contribution >= 0.6 is 0 Å². The molecule has 0 aromatic heterocycles. The highest BCUT2D eigenvalue weighted by atomic mass is 16.3. The van der Waals surface area contributed by atoms with Crippen LogP contribution in [0.3, 0.4) is 0 Å². The number of para-hydroxylation sites is 1. The number of aliphatic hydroxyl groups is 1. The molecule has 1 saturated heterocycles. The van der Waals surface area contributed by atoms with Crippen molar-refractivity contribution in [3.8, 4) is 0 Å². The van der Waals surface area contributed by atoms with Gasteiger partial charge in [-0.2, -0.15) is 0 Å². The lowest BCUT2D eigenvalue weighted by atomic mass is 10.00. The summed E-state index contributed by atoms with van der Waals surface area (Å²) in [4.78, 5) is 13.6. The van der Waals surface area contributed by atoms with E-state index in [0.29, 0.717) is 19.4 Å². The second-order valence-electron chi connectivity index (χ2n) is 3.93. The number of rotatable bonds is 2. The van der Waals surface area contributed by atoms with Gasteiger partial charge in [0, 0.05) is 18.7 Å². The van der Waals surface area contributed by atoms with Gasteiger partial charge in [-0.3, -0.25) is 4.79 Å². The fourth-order valence-corrected chi connectivity index (χ4v) is 1.94. The van der Waals surface area contributed by atoms with Crippen LogP contribution in [0, 0.1) is 0 Å². The summed E-state index contributed by atoms with van der Waals surface area (Å²) in [5.74, 6) is -0.170. The molecule has 1 heterocycles. The van der Waals surface area contributed by atoms with Gasteiger partial charge in [0.15, 0.2) is 0 Å². The van der Waals surface area contributed by atoms with Gasteiger partial charge in [0.05, 0.1) is 0 Å². The van der Waals surface area contributed by atoms with Crippen LogP contribution in [-0.4, -0.2) is 23.2 Å². The fourth-order valence-electron chi connectivity index (χ4n) is 1.94. The van der Waals surface area contributed by atoms with Crippen molar-refractivity contribution in [3.63, 3.8) is 0 Å². The number of amides is 1. The second kappa shape index (κ2) is 3.66.